The molecule has 0 aliphatic heterocycles. The number of aliphatic hydroxyl groups is 1. The first-order chi connectivity index (χ1) is 7.19. The summed E-state index contributed by atoms with van der Waals surface area (Å²) in [6.07, 6.45) is 0. The molecule has 3 nitrogen and oxygen atoms in total. The van der Waals surface area contributed by atoms with Crippen LogP contribution >= 0.6 is 27.5 Å². The second kappa shape index (κ2) is 6.09. The van der Waals surface area contributed by atoms with Gasteiger partial charge in [-0.2, -0.15) is 5.26 Å². The number of nitriles is 1. The van der Waals surface area contributed by atoms with Crippen molar-refractivity contribution in [3.63, 3.8) is 0 Å². The molecule has 0 saturated heterocycles. The molecule has 1 aromatic carbocycles. The summed E-state index contributed by atoms with van der Waals surface area (Å²) in [6, 6.07) is 7.00. The quantitative estimate of drug-likeness (QED) is 0.894. The molecule has 0 heterocycles. The Kier molecular flexibility index (Phi) is 5.06. The summed E-state index contributed by atoms with van der Waals surface area (Å²) < 4.78 is 0.798. The van der Waals surface area contributed by atoms with E-state index in [1.165, 1.54) is 0 Å². The van der Waals surface area contributed by atoms with Crippen LogP contribution in [-0.2, 0) is 0 Å². The molecule has 15 heavy (non-hydrogen) atoms. The third-order valence-corrected chi connectivity index (χ3v) is 3.10. The van der Waals surface area contributed by atoms with Gasteiger partial charge in [-0.25, -0.2) is 0 Å². The summed E-state index contributed by atoms with van der Waals surface area (Å²) in [4.78, 5) is 0. The van der Waals surface area contributed by atoms with Crippen LogP contribution in [0.1, 0.15) is 11.6 Å². The molecule has 0 bridgehead atoms. The fourth-order valence-electron chi connectivity index (χ4n) is 1.14. The molecule has 0 spiro atoms. The zero-order valence-electron chi connectivity index (χ0n) is 7.87. The van der Waals surface area contributed by atoms with Crippen LogP contribution in [0.25, 0.3) is 0 Å². The molecule has 80 valence electrons. The molecular formula is C10H10BrClN2O. The summed E-state index contributed by atoms with van der Waals surface area (Å²) in [5.41, 5.74) is 0.791. The third-order valence-electron chi connectivity index (χ3n) is 1.87. The molecule has 0 aromatic heterocycles. The van der Waals surface area contributed by atoms with Crippen molar-refractivity contribution in [1.82, 2.24) is 5.32 Å². The highest BCUT2D eigenvalue weighted by Crippen LogP contribution is 2.25. The lowest BCUT2D eigenvalue weighted by atomic mass is 10.1. The number of nitrogens with zero attached hydrogens (tertiary/aromatic N) is 1. The summed E-state index contributed by atoms with van der Waals surface area (Å²) in [6.45, 7) is 0.383. The van der Waals surface area contributed by atoms with Crippen LogP contribution in [-0.4, -0.2) is 18.3 Å². The maximum Gasteiger partial charge on any atom is 0.121 e. The van der Waals surface area contributed by atoms with Crippen LogP contribution in [0.4, 0.5) is 0 Å². The van der Waals surface area contributed by atoms with Gasteiger partial charge < -0.3 is 5.11 Å². The smallest absolute Gasteiger partial charge is 0.121 e. The number of hydrogen-bond acceptors (Lipinski definition) is 3. The maximum absolute atomic E-state index is 8.92. The molecular weight excluding hydrogens is 279 g/mol. The van der Waals surface area contributed by atoms with E-state index in [9.17, 15) is 0 Å². The molecule has 1 aromatic rings. The number of aliphatic hydroxyl groups excluding tert-OH is 1. The lowest BCUT2D eigenvalue weighted by Gasteiger charge is -2.11. The number of hydrogen-bond donors (Lipinski definition) is 2. The highest BCUT2D eigenvalue weighted by atomic mass is 79.9. The molecule has 1 atom stereocenters. The number of halogens is 2. The van der Waals surface area contributed by atoms with Crippen molar-refractivity contribution in [2.24, 2.45) is 0 Å². The van der Waals surface area contributed by atoms with Crippen molar-refractivity contribution in [2.45, 2.75) is 6.04 Å². The van der Waals surface area contributed by atoms with Gasteiger partial charge in [0.25, 0.3) is 0 Å². The Bertz CT molecular complexity index is 378. The predicted molar refractivity (Wildman–Crippen MR) is 62.6 cm³/mol. The molecule has 0 aliphatic rings. The van der Waals surface area contributed by atoms with Gasteiger partial charge in [0, 0.05) is 11.0 Å². The van der Waals surface area contributed by atoms with E-state index in [1.807, 2.05) is 6.07 Å². The molecule has 1 unspecified atom stereocenters. The normalized spacial score (nSPS) is 12.1. The Hall–Kier alpha value is -0.600. The number of nitrogens with one attached hydrogen (secondary N) is 1. The van der Waals surface area contributed by atoms with Gasteiger partial charge >= 0.3 is 0 Å². The second-order valence-corrected chi connectivity index (χ2v) is 4.17. The van der Waals surface area contributed by atoms with Gasteiger partial charge in [-0.05, 0) is 33.6 Å². The van der Waals surface area contributed by atoms with Crippen molar-refractivity contribution in [2.75, 3.05) is 13.2 Å². The third kappa shape index (κ3) is 3.47. The fourth-order valence-corrected chi connectivity index (χ4v) is 1.57. The average molecular weight is 290 g/mol. The topological polar surface area (TPSA) is 56.0 Å². The van der Waals surface area contributed by atoms with Gasteiger partial charge in [0.2, 0.25) is 0 Å². The summed E-state index contributed by atoms with van der Waals surface area (Å²) in [5.74, 6) is 0. The van der Waals surface area contributed by atoms with Gasteiger partial charge in [0.05, 0.1) is 17.7 Å². The highest BCUT2D eigenvalue weighted by Gasteiger charge is 2.10. The molecule has 0 radical (unpaired) electrons. The Morgan fingerprint density at radius 3 is 2.87 bits per heavy atom. The molecule has 0 aliphatic carbocycles. The van der Waals surface area contributed by atoms with Crippen LogP contribution in [0, 0.1) is 11.3 Å². The number of rotatable bonds is 4. The van der Waals surface area contributed by atoms with Crippen LogP contribution in [0.15, 0.2) is 22.7 Å². The Balaban J connectivity index is 2.84. The van der Waals surface area contributed by atoms with Gasteiger partial charge in [-0.3, -0.25) is 5.32 Å². The SMILES string of the molecule is N#CC(NCCO)c1ccc(Br)c(Cl)c1. The van der Waals surface area contributed by atoms with E-state index >= 15 is 0 Å². The van der Waals surface area contributed by atoms with E-state index in [0.29, 0.717) is 11.6 Å². The zero-order chi connectivity index (χ0) is 11.3. The molecule has 1 rings (SSSR count). The monoisotopic (exact) mass is 288 g/mol. The predicted octanol–water partition coefficient (Wildman–Crippen LogP) is 2.25. The van der Waals surface area contributed by atoms with Crippen LogP contribution in [0.2, 0.25) is 5.02 Å². The van der Waals surface area contributed by atoms with Crippen LogP contribution < -0.4 is 5.32 Å². The zero-order valence-corrected chi connectivity index (χ0v) is 10.2. The van der Waals surface area contributed by atoms with Crippen molar-refractivity contribution >= 4 is 27.5 Å². The average Bonchev–Trinajstić information content (AvgIpc) is 2.24. The maximum atomic E-state index is 8.92. The van der Waals surface area contributed by atoms with E-state index in [1.54, 1.807) is 12.1 Å². The lowest BCUT2D eigenvalue weighted by molar-refractivity contribution is 0.289. The Morgan fingerprint density at radius 1 is 1.60 bits per heavy atom. The largest absolute Gasteiger partial charge is 0.395 e. The minimum Gasteiger partial charge on any atom is -0.395 e. The van der Waals surface area contributed by atoms with Gasteiger partial charge in [0.15, 0.2) is 0 Å². The fraction of sp³-hybridized carbons (Fsp3) is 0.300. The Labute approximate surface area is 102 Å². The molecule has 0 fully saturated rings. The Morgan fingerprint density at radius 2 is 2.33 bits per heavy atom. The van der Waals surface area contributed by atoms with Crippen LogP contribution in [0.3, 0.4) is 0 Å². The van der Waals surface area contributed by atoms with E-state index in [2.05, 4.69) is 27.3 Å². The van der Waals surface area contributed by atoms with Crippen LogP contribution in [0.5, 0.6) is 0 Å². The van der Waals surface area contributed by atoms with Gasteiger partial charge in [-0.15, -0.1) is 0 Å². The van der Waals surface area contributed by atoms with Crippen molar-refractivity contribution in [3.05, 3.63) is 33.3 Å². The van der Waals surface area contributed by atoms with Crippen molar-refractivity contribution < 1.29 is 5.11 Å². The molecule has 0 saturated carbocycles. The van der Waals surface area contributed by atoms with E-state index < -0.39 is 6.04 Å². The minimum atomic E-state index is -0.442. The van der Waals surface area contributed by atoms with E-state index in [4.69, 9.17) is 22.0 Å². The number of benzene rings is 1. The van der Waals surface area contributed by atoms with Gasteiger partial charge in [0.1, 0.15) is 6.04 Å². The summed E-state index contributed by atoms with van der Waals surface area (Å²) >= 11 is 9.19. The highest BCUT2D eigenvalue weighted by molar-refractivity contribution is 9.10. The van der Waals surface area contributed by atoms with Gasteiger partial charge in [-0.1, -0.05) is 17.7 Å². The van der Waals surface area contributed by atoms with Crippen molar-refractivity contribution in [1.29, 1.82) is 5.26 Å². The first-order valence-corrected chi connectivity index (χ1v) is 5.55. The van der Waals surface area contributed by atoms with Crippen molar-refractivity contribution in [3.8, 4) is 6.07 Å². The van der Waals surface area contributed by atoms with E-state index in [-0.39, 0.29) is 6.61 Å². The molecule has 2 N–H and O–H groups in total. The summed E-state index contributed by atoms with van der Waals surface area (Å²) in [5, 5.41) is 21.0. The standard InChI is InChI=1S/C10H10BrClN2O/c11-8-2-1-7(5-9(8)12)10(6-13)14-3-4-15/h1-2,5,10,14-15H,3-4H2. The van der Waals surface area contributed by atoms with E-state index in [0.717, 1.165) is 10.0 Å². The first-order valence-electron chi connectivity index (χ1n) is 4.38. The lowest BCUT2D eigenvalue weighted by Crippen LogP contribution is -2.23. The minimum absolute atomic E-state index is 0.00242. The summed E-state index contributed by atoms with van der Waals surface area (Å²) in [7, 11) is 0. The molecule has 5 heteroatoms. The first kappa shape index (κ1) is 12.5. The second-order valence-electron chi connectivity index (χ2n) is 2.91. The molecule has 0 amide bonds.